The van der Waals surface area contributed by atoms with E-state index in [1.165, 1.54) is 6.08 Å². The van der Waals surface area contributed by atoms with Gasteiger partial charge in [-0.1, -0.05) is 6.07 Å². The van der Waals surface area contributed by atoms with E-state index in [2.05, 4.69) is 10.9 Å². The van der Waals surface area contributed by atoms with Crippen molar-refractivity contribution < 1.29 is 19.1 Å². The molecule has 112 valence electrons. The Bertz CT molecular complexity index is 565. The fourth-order valence-corrected chi connectivity index (χ4v) is 1.74. The molecule has 1 aliphatic carbocycles. The maximum Gasteiger partial charge on any atom is 0.262 e. The molecule has 0 unspecified atom stereocenters. The summed E-state index contributed by atoms with van der Waals surface area (Å²) in [6, 6.07) is 5.31. The van der Waals surface area contributed by atoms with E-state index in [1.807, 2.05) is 0 Å². The van der Waals surface area contributed by atoms with Gasteiger partial charge in [0.2, 0.25) is 5.91 Å². The highest BCUT2D eigenvalue weighted by molar-refractivity contribution is 5.93. The molecule has 1 aromatic carbocycles. The molecule has 0 spiro atoms. The van der Waals surface area contributed by atoms with Gasteiger partial charge in [-0.3, -0.25) is 20.4 Å². The first kappa shape index (κ1) is 14.9. The minimum atomic E-state index is -0.390. The van der Waals surface area contributed by atoms with Crippen LogP contribution < -0.4 is 20.3 Å². The molecule has 2 N–H and O–H groups in total. The first-order valence-electron chi connectivity index (χ1n) is 6.64. The Kier molecular flexibility index (Phi) is 4.81. The summed E-state index contributed by atoms with van der Waals surface area (Å²) in [7, 11) is 3.11. The predicted octanol–water partition coefficient (Wildman–Crippen LogP) is 1.27. The Morgan fingerprint density at radius 2 is 1.86 bits per heavy atom. The van der Waals surface area contributed by atoms with Gasteiger partial charge in [0.1, 0.15) is 0 Å². The maximum atomic E-state index is 11.6. The molecule has 0 bridgehead atoms. The maximum absolute atomic E-state index is 11.6. The predicted molar refractivity (Wildman–Crippen MR) is 77.6 cm³/mol. The van der Waals surface area contributed by atoms with Crippen molar-refractivity contribution in [2.24, 2.45) is 5.92 Å². The number of carbonyl (C=O) groups is 2. The van der Waals surface area contributed by atoms with Crippen molar-refractivity contribution in [3.05, 3.63) is 29.8 Å². The van der Waals surface area contributed by atoms with Crippen molar-refractivity contribution >= 4 is 17.9 Å². The van der Waals surface area contributed by atoms with Gasteiger partial charge in [-0.25, -0.2) is 0 Å². The van der Waals surface area contributed by atoms with Crippen LogP contribution in [0.15, 0.2) is 24.3 Å². The fourth-order valence-electron chi connectivity index (χ4n) is 1.74. The molecule has 6 heteroatoms. The van der Waals surface area contributed by atoms with E-state index in [1.54, 1.807) is 38.5 Å². The van der Waals surface area contributed by atoms with Crippen LogP contribution in [0.1, 0.15) is 18.4 Å². The van der Waals surface area contributed by atoms with Gasteiger partial charge in [-0.15, -0.1) is 0 Å². The molecule has 0 aliphatic heterocycles. The van der Waals surface area contributed by atoms with E-state index in [0.29, 0.717) is 11.5 Å². The lowest BCUT2D eigenvalue weighted by Gasteiger charge is -2.07. The number of amides is 2. The number of hydrogen-bond donors (Lipinski definition) is 2. The van der Waals surface area contributed by atoms with E-state index in [9.17, 15) is 9.59 Å². The van der Waals surface area contributed by atoms with E-state index < -0.39 is 5.91 Å². The Hall–Kier alpha value is -2.50. The van der Waals surface area contributed by atoms with Gasteiger partial charge in [0, 0.05) is 12.0 Å². The molecule has 0 saturated heterocycles. The van der Waals surface area contributed by atoms with Gasteiger partial charge >= 0.3 is 0 Å². The molecule has 1 aromatic rings. The van der Waals surface area contributed by atoms with Gasteiger partial charge in [0.15, 0.2) is 11.5 Å². The van der Waals surface area contributed by atoms with E-state index >= 15 is 0 Å². The molecular weight excluding hydrogens is 272 g/mol. The zero-order chi connectivity index (χ0) is 15.2. The number of rotatable bonds is 5. The molecule has 1 aliphatic rings. The third kappa shape index (κ3) is 4.24. The van der Waals surface area contributed by atoms with Gasteiger partial charge in [0.05, 0.1) is 14.2 Å². The third-order valence-electron chi connectivity index (χ3n) is 3.09. The Morgan fingerprint density at radius 3 is 2.48 bits per heavy atom. The van der Waals surface area contributed by atoms with Crippen molar-refractivity contribution in [1.82, 2.24) is 10.9 Å². The summed E-state index contributed by atoms with van der Waals surface area (Å²) >= 11 is 0. The molecule has 2 amide bonds. The molecular formula is C15H18N2O4. The van der Waals surface area contributed by atoms with Gasteiger partial charge < -0.3 is 9.47 Å². The third-order valence-corrected chi connectivity index (χ3v) is 3.09. The highest BCUT2D eigenvalue weighted by Crippen LogP contribution is 2.28. The van der Waals surface area contributed by atoms with Crippen LogP contribution in [0.2, 0.25) is 0 Å². The molecule has 6 nitrogen and oxygen atoms in total. The van der Waals surface area contributed by atoms with E-state index in [4.69, 9.17) is 9.47 Å². The molecule has 1 fully saturated rings. The molecule has 1 saturated carbocycles. The second-order valence-corrected chi connectivity index (χ2v) is 4.70. The Labute approximate surface area is 123 Å². The van der Waals surface area contributed by atoms with Crippen LogP contribution in [0.5, 0.6) is 11.5 Å². The topological polar surface area (TPSA) is 76.7 Å². The number of hydrazine groups is 1. The zero-order valence-electron chi connectivity index (χ0n) is 12.0. The number of ether oxygens (including phenoxy) is 2. The van der Waals surface area contributed by atoms with Crippen molar-refractivity contribution in [3.63, 3.8) is 0 Å². The lowest BCUT2D eigenvalue weighted by Crippen LogP contribution is -2.41. The van der Waals surface area contributed by atoms with Gasteiger partial charge in [-0.2, -0.15) is 0 Å². The molecule has 0 atom stereocenters. The Balaban J connectivity index is 1.90. The number of nitrogens with one attached hydrogen (secondary N) is 2. The normalized spacial score (nSPS) is 13.8. The Morgan fingerprint density at radius 1 is 1.14 bits per heavy atom. The monoisotopic (exact) mass is 290 g/mol. The average molecular weight is 290 g/mol. The lowest BCUT2D eigenvalue weighted by atomic mass is 10.2. The number of carbonyl (C=O) groups excluding carboxylic acids is 2. The molecule has 0 radical (unpaired) electrons. The minimum absolute atomic E-state index is 0.0557. The summed E-state index contributed by atoms with van der Waals surface area (Å²) in [5.74, 6) is 0.736. The number of methoxy groups -OCH3 is 2. The smallest absolute Gasteiger partial charge is 0.262 e. The SMILES string of the molecule is COc1ccc(C=CC(=O)NNC(=O)C2CC2)cc1OC. The molecule has 21 heavy (non-hydrogen) atoms. The van der Waals surface area contributed by atoms with Crippen LogP contribution in [0.4, 0.5) is 0 Å². The minimum Gasteiger partial charge on any atom is -0.493 e. The molecule has 0 aromatic heterocycles. The first-order chi connectivity index (χ1) is 10.1. The summed E-state index contributed by atoms with van der Waals surface area (Å²) < 4.78 is 10.3. The van der Waals surface area contributed by atoms with Crippen molar-refractivity contribution in [3.8, 4) is 11.5 Å². The van der Waals surface area contributed by atoms with Crippen LogP contribution in [0.25, 0.3) is 6.08 Å². The van der Waals surface area contributed by atoms with Gasteiger partial charge in [-0.05, 0) is 36.6 Å². The van der Waals surface area contributed by atoms with Crippen molar-refractivity contribution in [2.45, 2.75) is 12.8 Å². The van der Waals surface area contributed by atoms with Crippen LogP contribution in [0, 0.1) is 5.92 Å². The lowest BCUT2D eigenvalue weighted by molar-refractivity contribution is -0.127. The summed E-state index contributed by atoms with van der Waals surface area (Å²) in [6.45, 7) is 0. The summed E-state index contributed by atoms with van der Waals surface area (Å²) in [5.41, 5.74) is 5.52. The second-order valence-electron chi connectivity index (χ2n) is 4.70. The van der Waals surface area contributed by atoms with Crippen LogP contribution in [-0.2, 0) is 9.59 Å². The van der Waals surface area contributed by atoms with Crippen LogP contribution >= 0.6 is 0 Å². The highest BCUT2D eigenvalue weighted by Gasteiger charge is 2.29. The largest absolute Gasteiger partial charge is 0.493 e. The van der Waals surface area contributed by atoms with E-state index in [-0.39, 0.29) is 11.8 Å². The zero-order valence-corrected chi connectivity index (χ0v) is 12.0. The summed E-state index contributed by atoms with van der Waals surface area (Å²) in [4.78, 5) is 22.9. The summed E-state index contributed by atoms with van der Waals surface area (Å²) in [5, 5.41) is 0. The van der Waals surface area contributed by atoms with Crippen molar-refractivity contribution in [2.75, 3.05) is 14.2 Å². The van der Waals surface area contributed by atoms with Crippen LogP contribution in [-0.4, -0.2) is 26.0 Å². The molecule has 2 rings (SSSR count). The van der Waals surface area contributed by atoms with E-state index in [0.717, 1.165) is 18.4 Å². The number of benzene rings is 1. The quantitative estimate of drug-likeness (QED) is 0.632. The van der Waals surface area contributed by atoms with Crippen molar-refractivity contribution in [1.29, 1.82) is 0 Å². The second kappa shape index (κ2) is 6.78. The van der Waals surface area contributed by atoms with Gasteiger partial charge in [0.25, 0.3) is 5.91 Å². The average Bonchev–Trinajstić information content (AvgIpc) is 3.35. The van der Waals surface area contributed by atoms with Crippen LogP contribution in [0.3, 0.4) is 0 Å². The standard InChI is InChI=1S/C15H18N2O4/c1-20-12-7-3-10(9-13(12)21-2)4-8-14(18)16-17-15(19)11-5-6-11/h3-4,7-9,11H,5-6H2,1-2H3,(H,16,18)(H,17,19). The fraction of sp³-hybridized carbons (Fsp3) is 0.333. The highest BCUT2D eigenvalue weighted by atomic mass is 16.5. The number of hydrogen-bond acceptors (Lipinski definition) is 4. The first-order valence-corrected chi connectivity index (χ1v) is 6.64. The molecule has 0 heterocycles. The summed E-state index contributed by atoms with van der Waals surface area (Å²) in [6.07, 6.45) is 4.75.